The number of hydrogen-bond donors (Lipinski definition) is 0. The summed E-state index contributed by atoms with van der Waals surface area (Å²) in [5.74, 6) is 0. The van der Waals surface area contributed by atoms with Crippen molar-refractivity contribution >= 4 is 33.2 Å². The van der Waals surface area contributed by atoms with Crippen molar-refractivity contribution in [3.05, 3.63) is 210 Å². The van der Waals surface area contributed by atoms with Crippen LogP contribution in [0.1, 0.15) is 34.7 Å². The van der Waals surface area contributed by atoms with Gasteiger partial charge in [0.2, 0.25) is 0 Å². The van der Waals surface area contributed by atoms with Gasteiger partial charge < -0.3 is 9.47 Å². The summed E-state index contributed by atoms with van der Waals surface area (Å²) in [4.78, 5) is 2.26. The third-order valence-electron chi connectivity index (χ3n) is 9.94. The van der Waals surface area contributed by atoms with Crippen LogP contribution < -0.4 is 4.90 Å². The molecule has 2 heteroatoms. The number of para-hydroxylation sites is 2. The smallest absolute Gasteiger partial charge is 0.0704 e. The van der Waals surface area contributed by atoms with Crippen LogP contribution in [-0.2, 0) is 11.8 Å². The van der Waals surface area contributed by atoms with Crippen LogP contribution in [0.25, 0.3) is 27.5 Å². The van der Waals surface area contributed by atoms with Crippen molar-refractivity contribution in [3.8, 4) is 5.69 Å². The highest BCUT2D eigenvalue weighted by atomic mass is 15.1. The first kappa shape index (κ1) is 29.5. The van der Waals surface area contributed by atoms with Crippen molar-refractivity contribution in [2.45, 2.75) is 18.8 Å². The van der Waals surface area contributed by atoms with Crippen LogP contribution in [0.3, 0.4) is 0 Å². The molecule has 0 amide bonds. The lowest BCUT2D eigenvalue weighted by molar-refractivity contribution is 0.731. The van der Waals surface area contributed by atoms with Crippen LogP contribution >= 0.6 is 0 Å². The minimum Gasteiger partial charge on any atom is -0.345 e. The molecule has 0 saturated carbocycles. The third kappa shape index (κ3) is 4.80. The van der Waals surface area contributed by atoms with Crippen LogP contribution in [0.5, 0.6) is 0 Å². The molecule has 48 heavy (non-hydrogen) atoms. The molecule has 1 heterocycles. The highest BCUT2D eigenvalue weighted by Crippen LogP contribution is 2.47. The first-order valence-electron chi connectivity index (χ1n) is 16.8. The molecule has 0 spiro atoms. The Morgan fingerprint density at radius 1 is 0.479 bits per heavy atom. The minimum atomic E-state index is -0.518. The summed E-state index contributed by atoms with van der Waals surface area (Å²) in [6.45, 7) is 2.27. The van der Waals surface area contributed by atoms with E-state index in [0.717, 1.165) is 17.8 Å². The first-order valence-corrected chi connectivity index (χ1v) is 16.8. The Morgan fingerprint density at radius 3 is 1.58 bits per heavy atom. The molecule has 0 saturated heterocycles. The predicted octanol–water partition coefficient (Wildman–Crippen LogP) is 11.5. The fourth-order valence-corrected chi connectivity index (χ4v) is 7.64. The second-order valence-corrected chi connectivity index (χ2v) is 12.5. The third-order valence-corrected chi connectivity index (χ3v) is 9.94. The maximum Gasteiger partial charge on any atom is 0.0704 e. The molecule has 0 N–H and O–H groups in total. The normalized spacial score (nSPS) is 11.6. The van der Waals surface area contributed by atoms with E-state index in [-0.39, 0.29) is 0 Å². The fourth-order valence-electron chi connectivity index (χ4n) is 7.64. The van der Waals surface area contributed by atoms with Gasteiger partial charge in [0, 0.05) is 34.9 Å². The van der Waals surface area contributed by atoms with Crippen molar-refractivity contribution in [2.24, 2.45) is 0 Å². The van der Waals surface area contributed by atoms with Crippen molar-refractivity contribution in [1.29, 1.82) is 0 Å². The van der Waals surface area contributed by atoms with Crippen molar-refractivity contribution in [2.75, 3.05) is 11.9 Å². The van der Waals surface area contributed by atoms with Crippen LogP contribution in [0.15, 0.2) is 182 Å². The van der Waals surface area contributed by atoms with Gasteiger partial charge in [-0.25, -0.2) is 0 Å². The zero-order valence-electron chi connectivity index (χ0n) is 27.4. The Labute approximate surface area is 283 Å². The molecule has 8 rings (SSSR count). The SMILES string of the molecule is CCc1ccc(-n2c3ccccc3c3cc(N(C)c4ccccc4)ccc32)cc1C(c1ccccc1)(c1ccccc1)c1ccccc1. The van der Waals surface area contributed by atoms with Crippen molar-refractivity contribution in [1.82, 2.24) is 4.57 Å². The number of fused-ring (bicyclic) bond motifs is 3. The molecule has 1 aromatic heterocycles. The Kier molecular flexibility index (Phi) is 7.62. The molecule has 0 aliphatic carbocycles. The van der Waals surface area contributed by atoms with E-state index in [1.54, 1.807) is 0 Å². The Balaban J connectivity index is 1.42. The van der Waals surface area contributed by atoms with Gasteiger partial charge in [-0.05, 0) is 82.8 Å². The molecule has 2 nitrogen and oxygen atoms in total. The highest BCUT2D eigenvalue weighted by molar-refractivity contribution is 6.10. The topological polar surface area (TPSA) is 8.17 Å². The quantitative estimate of drug-likeness (QED) is 0.154. The molecular weight excluding hydrogens is 581 g/mol. The summed E-state index contributed by atoms with van der Waals surface area (Å²) >= 11 is 0. The summed E-state index contributed by atoms with van der Waals surface area (Å²) in [6, 6.07) is 66.4. The van der Waals surface area contributed by atoms with Gasteiger partial charge in [0.25, 0.3) is 0 Å². The number of anilines is 2. The van der Waals surface area contributed by atoms with E-state index >= 15 is 0 Å². The number of nitrogens with zero attached hydrogens (tertiary/aromatic N) is 2. The van der Waals surface area contributed by atoms with E-state index in [2.05, 4.69) is 205 Å². The number of benzene rings is 7. The molecular formula is C46H38N2. The largest absolute Gasteiger partial charge is 0.345 e. The van der Waals surface area contributed by atoms with E-state index in [1.165, 1.54) is 55.3 Å². The van der Waals surface area contributed by atoms with Gasteiger partial charge >= 0.3 is 0 Å². The molecule has 0 aliphatic heterocycles. The monoisotopic (exact) mass is 618 g/mol. The molecule has 0 atom stereocenters. The van der Waals surface area contributed by atoms with Gasteiger partial charge in [0.1, 0.15) is 0 Å². The summed E-state index contributed by atoms with van der Waals surface area (Å²) in [5.41, 5.74) is 11.8. The minimum absolute atomic E-state index is 0.518. The van der Waals surface area contributed by atoms with Gasteiger partial charge in [-0.1, -0.05) is 140 Å². The zero-order valence-corrected chi connectivity index (χ0v) is 27.4. The molecule has 0 fully saturated rings. The summed E-state index contributed by atoms with van der Waals surface area (Å²) in [6.07, 6.45) is 0.923. The first-order chi connectivity index (χ1) is 23.7. The number of rotatable bonds is 8. The van der Waals surface area contributed by atoms with Gasteiger partial charge in [-0.2, -0.15) is 0 Å². The molecule has 0 unspecified atom stereocenters. The Morgan fingerprint density at radius 2 is 1.00 bits per heavy atom. The maximum absolute atomic E-state index is 2.46. The van der Waals surface area contributed by atoms with Gasteiger partial charge in [0.05, 0.1) is 16.4 Å². The lowest BCUT2D eigenvalue weighted by Gasteiger charge is -2.38. The summed E-state index contributed by atoms with van der Waals surface area (Å²) in [7, 11) is 2.14. The second-order valence-electron chi connectivity index (χ2n) is 12.5. The molecule has 232 valence electrons. The van der Waals surface area contributed by atoms with Crippen LogP contribution in [-0.4, -0.2) is 11.6 Å². The van der Waals surface area contributed by atoms with E-state index in [0.29, 0.717) is 0 Å². The number of hydrogen-bond acceptors (Lipinski definition) is 1. The second kappa shape index (κ2) is 12.4. The lowest BCUT2D eigenvalue weighted by Crippen LogP contribution is -2.32. The standard InChI is InChI=1S/C46H38N2/c1-3-34-28-29-40(33-43(34)46(35-18-8-4-9-19-35,36-20-10-5-11-21-36)37-22-12-6-13-23-37)48-44-27-17-16-26-41(44)42-32-39(30-31-45(42)48)47(2)38-24-14-7-15-25-38/h4-33H,3H2,1-2H3. The predicted molar refractivity (Wildman–Crippen MR) is 203 cm³/mol. The molecule has 0 aliphatic rings. The van der Waals surface area contributed by atoms with E-state index in [9.17, 15) is 0 Å². The van der Waals surface area contributed by atoms with Crippen LogP contribution in [0, 0.1) is 0 Å². The molecule has 0 bridgehead atoms. The van der Waals surface area contributed by atoms with E-state index < -0.39 is 5.41 Å². The zero-order chi connectivity index (χ0) is 32.5. The van der Waals surface area contributed by atoms with Crippen LogP contribution in [0.2, 0.25) is 0 Å². The fraction of sp³-hybridized carbons (Fsp3) is 0.0870. The van der Waals surface area contributed by atoms with Gasteiger partial charge in [-0.3, -0.25) is 0 Å². The number of aryl methyl sites for hydroxylation is 1. The van der Waals surface area contributed by atoms with Gasteiger partial charge in [0.15, 0.2) is 0 Å². The summed E-state index contributed by atoms with van der Waals surface area (Å²) < 4.78 is 2.45. The van der Waals surface area contributed by atoms with Crippen molar-refractivity contribution in [3.63, 3.8) is 0 Å². The molecule has 8 aromatic rings. The summed E-state index contributed by atoms with van der Waals surface area (Å²) in [5, 5.41) is 2.49. The van der Waals surface area contributed by atoms with Gasteiger partial charge in [-0.15, -0.1) is 0 Å². The maximum atomic E-state index is 2.46. The molecule has 0 radical (unpaired) electrons. The Bertz CT molecular complexity index is 2230. The average molecular weight is 619 g/mol. The Hall–Kier alpha value is -5.86. The molecule has 7 aromatic carbocycles. The van der Waals surface area contributed by atoms with E-state index in [1.807, 2.05) is 0 Å². The van der Waals surface area contributed by atoms with E-state index in [4.69, 9.17) is 0 Å². The van der Waals surface area contributed by atoms with Crippen LogP contribution in [0.4, 0.5) is 11.4 Å². The number of aromatic nitrogens is 1. The lowest BCUT2D eigenvalue weighted by atomic mass is 9.63. The van der Waals surface area contributed by atoms with Crippen molar-refractivity contribution < 1.29 is 0 Å². The average Bonchev–Trinajstić information content (AvgIpc) is 3.50. The highest BCUT2D eigenvalue weighted by Gasteiger charge is 2.40.